The van der Waals surface area contributed by atoms with E-state index in [9.17, 15) is 13.2 Å². The fraction of sp³-hybridized carbons (Fsp3) is 0.0714. The van der Waals surface area contributed by atoms with Gasteiger partial charge in [0.05, 0.1) is 15.9 Å². The van der Waals surface area contributed by atoms with Gasteiger partial charge in [0.2, 0.25) is 0 Å². The monoisotopic (exact) mass is 429 g/mol. The number of benzene rings is 2. The van der Waals surface area contributed by atoms with Gasteiger partial charge in [0.15, 0.2) is 0 Å². The molecule has 114 valence electrons. The molecule has 3 aromatic rings. The molecule has 6 nitrogen and oxygen atoms in total. The average Bonchev–Trinajstić information content (AvgIpc) is 2.79. The summed E-state index contributed by atoms with van der Waals surface area (Å²) in [5, 5.41) is 0. The van der Waals surface area contributed by atoms with Crippen LogP contribution in [0, 0.1) is 10.5 Å². The third-order valence-corrected chi connectivity index (χ3v) is 5.44. The summed E-state index contributed by atoms with van der Waals surface area (Å²) in [7, 11) is -3.73. The molecule has 0 unspecified atom stereocenters. The van der Waals surface area contributed by atoms with Gasteiger partial charge in [-0.15, -0.1) is 0 Å². The highest BCUT2D eigenvalue weighted by molar-refractivity contribution is 14.1. The first-order chi connectivity index (χ1) is 10.3. The minimum Gasteiger partial charge on any atom is -0.306 e. The van der Waals surface area contributed by atoms with Gasteiger partial charge in [0.1, 0.15) is 0 Å². The number of anilines is 1. The van der Waals surface area contributed by atoms with Crippen LogP contribution < -0.4 is 10.4 Å². The Morgan fingerprint density at radius 2 is 1.64 bits per heavy atom. The molecule has 1 heterocycles. The lowest BCUT2D eigenvalue weighted by Gasteiger charge is -2.10. The first-order valence-electron chi connectivity index (χ1n) is 6.36. The van der Waals surface area contributed by atoms with E-state index in [2.05, 4.69) is 37.3 Å². The molecule has 0 aliphatic carbocycles. The number of aromatic nitrogens is 2. The number of aryl methyl sites for hydroxylation is 1. The van der Waals surface area contributed by atoms with E-state index in [0.717, 1.165) is 3.57 Å². The molecule has 0 spiro atoms. The van der Waals surface area contributed by atoms with Crippen molar-refractivity contribution in [2.45, 2.75) is 11.8 Å². The van der Waals surface area contributed by atoms with Crippen LogP contribution in [0.1, 0.15) is 5.56 Å². The van der Waals surface area contributed by atoms with Gasteiger partial charge in [0.25, 0.3) is 10.0 Å². The molecular weight excluding hydrogens is 417 g/mol. The van der Waals surface area contributed by atoms with Gasteiger partial charge >= 0.3 is 5.69 Å². The van der Waals surface area contributed by atoms with Crippen LogP contribution in [-0.2, 0) is 10.0 Å². The number of halogens is 1. The zero-order valence-corrected chi connectivity index (χ0v) is 14.4. The van der Waals surface area contributed by atoms with Gasteiger partial charge in [-0.3, -0.25) is 4.72 Å². The molecule has 1 aromatic heterocycles. The number of sulfonamides is 1. The van der Waals surface area contributed by atoms with Gasteiger partial charge in [0, 0.05) is 9.26 Å². The number of imidazole rings is 1. The minimum atomic E-state index is -3.73. The van der Waals surface area contributed by atoms with Crippen molar-refractivity contribution in [1.29, 1.82) is 0 Å². The van der Waals surface area contributed by atoms with Crippen LogP contribution in [0.15, 0.2) is 46.1 Å². The Balaban J connectivity index is 2.06. The molecule has 3 rings (SSSR count). The largest absolute Gasteiger partial charge is 0.323 e. The second-order valence-electron chi connectivity index (χ2n) is 4.85. The first-order valence-corrected chi connectivity index (χ1v) is 8.92. The normalized spacial score (nSPS) is 11.7. The molecular formula is C14H12IN3O3S. The predicted molar refractivity (Wildman–Crippen MR) is 93.6 cm³/mol. The van der Waals surface area contributed by atoms with Gasteiger partial charge in [-0.25, -0.2) is 13.2 Å². The molecule has 0 fully saturated rings. The van der Waals surface area contributed by atoms with E-state index in [1.165, 1.54) is 6.07 Å². The Hall–Kier alpha value is -1.81. The molecule has 22 heavy (non-hydrogen) atoms. The van der Waals surface area contributed by atoms with E-state index in [4.69, 9.17) is 0 Å². The number of fused-ring (bicyclic) bond motifs is 1. The van der Waals surface area contributed by atoms with Crippen LogP contribution in [-0.4, -0.2) is 18.4 Å². The molecule has 0 radical (unpaired) electrons. The standard InChI is InChI=1S/C14H12IN3O3S/c1-8-6-11-12(17-14(19)16-11)7-13(8)22(20,21)18-10-4-2-9(15)3-5-10/h2-7,18H,1H3,(H2,16,17,19). The summed E-state index contributed by atoms with van der Waals surface area (Å²) in [5.41, 5.74) is 1.71. The summed E-state index contributed by atoms with van der Waals surface area (Å²) in [5.74, 6) is 0. The van der Waals surface area contributed by atoms with Crippen molar-refractivity contribution in [3.05, 3.63) is 56.0 Å². The summed E-state index contributed by atoms with van der Waals surface area (Å²) < 4.78 is 28.6. The van der Waals surface area contributed by atoms with Crippen LogP contribution in [0.25, 0.3) is 11.0 Å². The zero-order chi connectivity index (χ0) is 15.9. The van der Waals surface area contributed by atoms with Crippen LogP contribution in [0.3, 0.4) is 0 Å². The van der Waals surface area contributed by atoms with Gasteiger partial charge < -0.3 is 9.97 Å². The van der Waals surface area contributed by atoms with Crippen LogP contribution in [0.4, 0.5) is 5.69 Å². The number of hydrogen-bond acceptors (Lipinski definition) is 3. The summed E-state index contributed by atoms with van der Waals surface area (Å²) in [6.07, 6.45) is 0. The van der Waals surface area contributed by atoms with Gasteiger partial charge in [-0.2, -0.15) is 0 Å². The maximum absolute atomic E-state index is 12.5. The fourth-order valence-electron chi connectivity index (χ4n) is 2.19. The Bertz CT molecular complexity index is 1000. The number of nitrogens with one attached hydrogen (secondary N) is 3. The fourth-order valence-corrected chi connectivity index (χ4v) is 3.86. The topological polar surface area (TPSA) is 94.8 Å². The van der Waals surface area contributed by atoms with E-state index in [0.29, 0.717) is 22.3 Å². The van der Waals surface area contributed by atoms with E-state index >= 15 is 0 Å². The highest BCUT2D eigenvalue weighted by Gasteiger charge is 2.18. The Morgan fingerprint density at radius 3 is 2.27 bits per heavy atom. The molecule has 2 aromatic carbocycles. The lowest BCUT2D eigenvalue weighted by molar-refractivity contribution is 0.601. The van der Waals surface area contributed by atoms with E-state index in [-0.39, 0.29) is 10.6 Å². The summed E-state index contributed by atoms with van der Waals surface area (Å²) in [6, 6.07) is 10.1. The van der Waals surface area contributed by atoms with Gasteiger partial charge in [-0.1, -0.05) is 0 Å². The third-order valence-electron chi connectivity index (χ3n) is 3.20. The molecule has 0 aliphatic rings. The average molecular weight is 429 g/mol. The van der Waals surface area contributed by atoms with Crippen LogP contribution in [0.2, 0.25) is 0 Å². The minimum absolute atomic E-state index is 0.133. The Kier molecular flexibility index (Phi) is 3.73. The quantitative estimate of drug-likeness (QED) is 0.559. The molecule has 8 heteroatoms. The molecule has 0 aliphatic heterocycles. The van der Waals surface area contributed by atoms with Crippen molar-refractivity contribution >= 4 is 49.3 Å². The first kappa shape index (κ1) is 15.1. The SMILES string of the molecule is Cc1cc2[nH]c(=O)[nH]c2cc1S(=O)(=O)Nc1ccc(I)cc1. The third kappa shape index (κ3) is 2.88. The van der Waals surface area contributed by atoms with Crippen molar-refractivity contribution in [2.75, 3.05) is 4.72 Å². The number of aromatic amines is 2. The Labute approximate surface area is 140 Å². The molecule has 3 N–H and O–H groups in total. The Morgan fingerprint density at radius 1 is 1.05 bits per heavy atom. The highest BCUT2D eigenvalue weighted by atomic mass is 127. The van der Waals surface area contributed by atoms with E-state index < -0.39 is 10.0 Å². The van der Waals surface area contributed by atoms with Crippen LogP contribution >= 0.6 is 22.6 Å². The van der Waals surface area contributed by atoms with Crippen molar-refractivity contribution in [3.8, 4) is 0 Å². The highest BCUT2D eigenvalue weighted by Crippen LogP contribution is 2.23. The predicted octanol–water partition coefficient (Wildman–Crippen LogP) is 2.57. The van der Waals surface area contributed by atoms with Crippen molar-refractivity contribution < 1.29 is 8.42 Å². The summed E-state index contributed by atoms with van der Waals surface area (Å²) in [6.45, 7) is 1.69. The van der Waals surface area contributed by atoms with Crippen LogP contribution in [0.5, 0.6) is 0 Å². The summed E-state index contributed by atoms with van der Waals surface area (Å²) in [4.78, 5) is 16.6. The maximum atomic E-state index is 12.5. The molecule has 0 bridgehead atoms. The second kappa shape index (κ2) is 5.43. The van der Waals surface area contributed by atoms with Gasteiger partial charge in [-0.05, 0) is 71.5 Å². The number of H-pyrrole nitrogens is 2. The number of rotatable bonds is 3. The van der Waals surface area contributed by atoms with Crippen molar-refractivity contribution in [2.24, 2.45) is 0 Å². The molecule has 0 atom stereocenters. The lowest BCUT2D eigenvalue weighted by Crippen LogP contribution is -2.14. The molecule has 0 amide bonds. The van der Waals surface area contributed by atoms with Crippen molar-refractivity contribution in [3.63, 3.8) is 0 Å². The molecule has 0 saturated heterocycles. The van der Waals surface area contributed by atoms with E-state index in [1.807, 2.05) is 12.1 Å². The second-order valence-corrected chi connectivity index (χ2v) is 7.75. The summed E-state index contributed by atoms with van der Waals surface area (Å²) >= 11 is 2.15. The van der Waals surface area contributed by atoms with E-state index in [1.54, 1.807) is 25.1 Å². The lowest BCUT2D eigenvalue weighted by atomic mass is 10.2. The molecule has 0 saturated carbocycles. The maximum Gasteiger partial charge on any atom is 0.323 e. The zero-order valence-electron chi connectivity index (χ0n) is 11.5. The smallest absolute Gasteiger partial charge is 0.306 e. The van der Waals surface area contributed by atoms with Crippen molar-refractivity contribution in [1.82, 2.24) is 9.97 Å². The number of hydrogen-bond donors (Lipinski definition) is 3.